The third kappa shape index (κ3) is 3.27. The minimum absolute atomic E-state index is 0.609. The fraction of sp³-hybridized carbons (Fsp3) is 0.900. The van der Waals surface area contributed by atoms with Crippen molar-refractivity contribution in [1.29, 1.82) is 0 Å². The van der Waals surface area contributed by atoms with E-state index in [2.05, 4.69) is 11.8 Å². The minimum Gasteiger partial charge on any atom is -0.343 e. The van der Waals surface area contributed by atoms with Gasteiger partial charge in [-0.15, -0.1) is 0 Å². The Morgan fingerprint density at radius 3 is 2.43 bits per heavy atom. The topological polar surface area (TPSA) is 49.6 Å². The van der Waals surface area contributed by atoms with E-state index in [1.54, 1.807) is 0 Å². The SMILES string of the molecule is CCC(CN)CN1CCN(C=O)CC1. The van der Waals surface area contributed by atoms with E-state index in [1.807, 2.05) is 4.90 Å². The second-order valence-electron chi connectivity index (χ2n) is 3.95. The molecule has 0 saturated carbocycles. The van der Waals surface area contributed by atoms with E-state index in [9.17, 15) is 4.79 Å². The molecule has 1 aliphatic heterocycles. The molecule has 1 saturated heterocycles. The van der Waals surface area contributed by atoms with Gasteiger partial charge in [0.15, 0.2) is 0 Å². The molecule has 1 rings (SSSR count). The third-order valence-corrected chi connectivity index (χ3v) is 2.98. The van der Waals surface area contributed by atoms with Crippen LogP contribution >= 0.6 is 0 Å². The number of nitrogens with two attached hydrogens (primary N) is 1. The Bertz CT molecular complexity index is 163. The third-order valence-electron chi connectivity index (χ3n) is 2.98. The maximum Gasteiger partial charge on any atom is 0.209 e. The first-order valence-corrected chi connectivity index (χ1v) is 5.42. The molecule has 1 heterocycles. The highest BCUT2D eigenvalue weighted by Gasteiger charge is 2.17. The number of rotatable bonds is 5. The zero-order valence-electron chi connectivity index (χ0n) is 8.98. The van der Waals surface area contributed by atoms with Gasteiger partial charge in [0.1, 0.15) is 0 Å². The Morgan fingerprint density at radius 1 is 1.36 bits per heavy atom. The van der Waals surface area contributed by atoms with Crippen LogP contribution in [0.3, 0.4) is 0 Å². The Labute approximate surface area is 86.0 Å². The summed E-state index contributed by atoms with van der Waals surface area (Å²) >= 11 is 0. The maximum atomic E-state index is 10.5. The molecule has 2 N–H and O–H groups in total. The number of nitrogens with zero attached hydrogens (tertiary/aromatic N) is 2. The number of piperazine rings is 1. The van der Waals surface area contributed by atoms with Gasteiger partial charge in [-0.2, -0.15) is 0 Å². The highest BCUT2D eigenvalue weighted by molar-refractivity contribution is 5.47. The van der Waals surface area contributed by atoms with Gasteiger partial charge in [0.25, 0.3) is 0 Å². The highest BCUT2D eigenvalue weighted by Crippen LogP contribution is 2.06. The van der Waals surface area contributed by atoms with Crippen molar-refractivity contribution < 1.29 is 4.79 Å². The van der Waals surface area contributed by atoms with Gasteiger partial charge < -0.3 is 10.6 Å². The summed E-state index contributed by atoms with van der Waals surface area (Å²) in [4.78, 5) is 14.7. The predicted octanol–water partition coefficient (Wildman–Crippen LogP) is -0.255. The molecule has 14 heavy (non-hydrogen) atoms. The standard InChI is InChI=1S/C10H21N3O/c1-2-10(7-11)8-12-3-5-13(9-14)6-4-12/h9-10H,2-8,11H2,1H3. The van der Waals surface area contributed by atoms with E-state index in [-0.39, 0.29) is 0 Å². The second kappa shape index (κ2) is 5.98. The summed E-state index contributed by atoms with van der Waals surface area (Å²) < 4.78 is 0. The molecular formula is C10H21N3O. The van der Waals surface area contributed by atoms with E-state index in [0.29, 0.717) is 5.92 Å². The molecule has 0 aromatic carbocycles. The second-order valence-corrected chi connectivity index (χ2v) is 3.95. The number of hydrogen-bond donors (Lipinski definition) is 1. The van der Waals surface area contributed by atoms with Crippen LogP contribution in [0.2, 0.25) is 0 Å². The molecule has 0 aromatic heterocycles. The van der Waals surface area contributed by atoms with Crippen molar-refractivity contribution in [2.75, 3.05) is 39.3 Å². The van der Waals surface area contributed by atoms with Crippen molar-refractivity contribution >= 4 is 6.41 Å². The fourth-order valence-electron chi connectivity index (χ4n) is 1.79. The molecule has 1 fully saturated rings. The van der Waals surface area contributed by atoms with Crippen LogP contribution in [-0.4, -0.2) is 55.5 Å². The number of carbonyl (C=O) groups is 1. The summed E-state index contributed by atoms with van der Waals surface area (Å²) in [6, 6.07) is 0. The van der Waals surface area contributed by atoms with Crippen LogP contribution < -0.4 is 5.73 Å². The molecule has 1 aliphatic rings. The first kappa shape index (κ1) is 11.5. The molecule has 0 aliphatic carbocycles. The van der Waals surface area contributed by atoms with Crippen LogP contribution in [-0.2, 0) is 4.79 Å². The maximum absolute atomic E-state index is 10.5. The molecule has 4 heteroatoms. The lowest BCUT2D eigenvalue weighted by molar-refractivity contribution is -0.119. The molecule has 0 radical (unpaired) electrons. The molecule has 0 aromatic rings. The van der Waals surface area contributed by atoms with Crippen LogP contribution in [0.1, 0.15) is 13.3 Å². The van der Waals surface area contributed by atoms with Crippen LogP contribution in [0.4, 0.5) is 0 Å². The quantitative estimate of drug-likeness (QED) is 0.621. The van der Waals surface area contributed by atoms with E-state index < -0.39 is 0 Å². The monoisotopic (exact) mass is 199 g/mol. The van der Waals surface area contributed by atoms with Crippen molar-refractivity contribution in [2.24, 2.45) is 11.7 Å². The summed E-state index contributed by atoms with van der Waals surface area (Å²) in [6.07, 6.45) is 2.09. The summed E-state index contributed by atoms with van der Waals surface area (Å²) in [6.45, 7) is 7.75. The Kier molecular flexibility index (Phi) is 4.90. The van der Waals surface area contributed by atoms with Crippen molar-refractivity contribution in [1.82, 2.24) is 9.80 Å². The lowest BCUT2D eigenvalue weighted by Crippen LogP contribution is -2.47. The average molecular weight is 199 g/mol. The Hall–Kier alpha value is -0.610. The van der Waals surface area contributed by atoms with Crippen molar-refractivity contribution in [2.45, 2.75) is 13.3 Å². The number of amides is 1. The van der Waals surface area contributed by atoms with Crippen molar-refractivity contribution in [3.05, 3.63) is 0 Å². The van der Waals surface area contributed by atoms with E-state index in [0.717, 1.165) is 52.1 Å². The van der Waals surface area contributed by atoms with Gasteiger partial charge in [0.05, 0.1) is 0 Å². The van der Waals surface area contributed by atoms with Gasteiger partial charge >= 0.3 is 0 Å². The molecule has 0 bridgehead atoms. The summed E-state index contributed by atoms with van der Waals surface area (Å²) in [5.74, 6) is 0.609. The van der Waals surface area contributed by atoms with Gasteiger partial charge in [-0.1, -0.05) is 13.3 Å². The largest absolute Gasteiger partial charge is 0.343 e. The van der Waals surface area contributed by atoms with E-state index >= 15 is 0 Å². The van der Waals surface area contributed by atoms with E-state index in [4.69, 9.17) is 5.73 Å². The van der Waals surface area contributed by atoms with Gasteiger partial charge in [0, 0.05) is 32.7 Å². The van der Waals surface area contributed by atoms with Crippen LogP contribution in [0, 0.1) is 5.92 Å². The van der Waals surface area contributed by atoms with Crippen LogP contribution in [0.5, 0.6) is 0 Å². The van der Waals surface area contributed by atoms with Crippen molar-refractivity contribution in [3.8, 4) is 0 Å². The van der Waals surface area contributed by atoms with Gasteiger partial charge in [-0.3, -0.25) is 9.69 Å². The average Bonchev–Trinajstić information content (AvgIpc) is 2.26. The van der Waals surface area contributed by atoms with E-state index in [1.165, 1.54) is 0 Å². The predicted molar refractivity (Wildman–Crippen MR) is 56.9 cm³/mol. The summed E-state index contributed by atoms with van der Waals surface area (Å²) in [5.41, 5.74) is 5.66. The molecule has 0 spiro atoms. The lowest BCUT2D eigenvalue weighted by atomic mass is 10.1. The normalized spacial score (nSPS) is 20.9. The zero-order chi connectivity index (χ0) is 10.4. The summed E-state index contributed by atoms with van der Waals surface area (Å²) in [7, 11) is 0. The fourth-order valence-corrected chi connectivity index (χ4v) is 1.79. The highest BCUT2D eigenvalue weighted by atomic mass is 16.1. The Balaban J connectivity index is 2.24. The van der Waals surface area contributed by atoms with Gasteiger partial charge in [-0.05, 0) is 12.5 Å². The molecular weight excluding hydrogens is 178 g/mol. The molecule has 1 unspecified atom stereocenters. The first-order chi connectivity index (χ1) is 6.80. The Morgan fingerprint density at radius 2 is 2.00 bits per heavy atom. The molecule has 1 amide bonds. The molecule has 82 valence electrons. The number of hydrogen-bond acceptors (Lipinski definition) is 3. The van der Waals surface area contributed by atoms with Crippen LogP contribution in [0.15, 0.2) is 0 Å². The smallest absolute Gasteiger partial charge is 0.209 e. The zero-order valence-corrected chi connectivity index (χ0v) is 8.98. The first-order valence-electron chi connectivity index (χ1n) is 5.42. The molecule has 4 nitrogen and oxygen atoms in total. The van der Waals surface area contributed by atoms with Crippen LogP contribution in [0.25, 0.3) is 0 Å². The molecule has 1 atom stereocenters. The van der Waals surface area contributed by atoms with Crippen molar-refractivity contribution in [3.63, 3.8) is 0 Å². The number of carbonyl (C=O) groups excluding carboxylic acids is 1. The van der Waals surface area contributed by atoms with Gasteiger partial charge in [0.2, 0.25) is 6.41 Å². The lowest BCUT2D eigenvalue weighted by Gasteiger charge is -2.34. The summed E-state index contributed by atoms with van der Waals surface area (Å²) in [5, 5.41) is 0. The van der Waals surface area contributed by atoms with Gasteiger partial charge in [-0.25, -0.2) is 0 Å². The minimum atomic E-state index is 0.609.